The molecule has 2 aliphatic rings. The van der Waals surface area contributed by atoms with Crippen molar-refractivity contribution in [1.82, 2.24) is 0 Å². The molecule has 0 unspecified atom stereocenters. The van der Waals surface area contributed by atoms with E-state index in [2.05, 4.69) is 199 Å². The molecule has 11 rings (SSSR count). The highest BCUT2D eigenvalue weighted by molar-refractivity contribution is 6.07. The molecule has 1 heterocycles. The monoisotopic (exact) mass is 675 g/mol. The number of hydrogen-bond donors (Lipinski definition) is 0. The number of anilines is 3. The second kappa shape index (κ2) is 11.6. The van der Waals surface area contributed by atoms with Crippen LogP contribution in [0, 0.1) is 0 Å². The Balaban J connectivity index is 1.25. The molecule has 0 bridgehead atoms. The number of benzene rings is 8. The molecule has 2 aliphatic carbocycles. The number of hydrogen-bond acceptors (Lipinski definition) is 2. The maximum Gasteiger partial charge on any atom is 0.137 e. The molecular formula is C51H33NO. The lowest BCUT2D eigenvalue weighted by Gasteiger charge is -2.36. The van der Waals surface area contributed by atoms with Crippen LogP contribution in [0.2, 0.25) is 0 Å². The van der Waals surface area contributed by atoms with Crippen LogP contribution in [0.3, 0.4) is 0 Å². The summed E-state index contributed by atoms with van der Waals surface area (Å²) in [6.45, 7) is 0. The fourth-order valence-electron chi connectivity index (χ4n) is 9.16. The van der Waals surface area contributed by atoms with Crippen LogP contribution in [0.15, 0.2) is 192 Å². The summed E-state index contributed by atoms with van der Waals surface area (Å²) in [5, 5.41) is 2.24. The van der Waals surface area contributed by atoms with Gasteiger partial charge in [-0.05, 0) is 74.8 Å². The summed E-state index contributed by atoms with van der Waals surface area (Å²) >= 11 is 0. The van der Waals surface area contributed by atoms with Gasteiger partial charge in [0.2, 0.25) is 0 Å². The van der Waals surface area contributed by atoms with E-state index in [1.54, 1.807) is 0 Å². The third-order valence-electron chi connectivity index (χ3n) is 11.3. The number of furan rings is 1. The lowest BCUT2D eigenvalue weighted by molar-refractivity contribution is 0.669. The standard InChI is InChI=1S/C51H33NO/c1-2-15-34(16-3-1)38-19-7-12-26-46(38)52(37-31-32-40-39-20-8-13-28-48(39)53-49(40)33-37)47-27-14-25-45-50(47)41-21-6-11-24-44(41)51(45)42-22-9-4-17-35(42)29-30-36-18-5-10-23-43(36)51/h1-33H. The highest BCUT2D eigenvalue weighted by Crippen LogP contribution is 2.61. The van der Waals surface area contributed by atoms with Gasteiger partial charge >= 0.3 is 0 Å². The first-order valence-electron chi connectivity index (χ1n) is 18.3. The van der Waals surface area contributed by atoms with Crippen molar-refractivity contribution < 1.29 is 4.42 Å². The van der Waals surface area contributed by atoms with Crippen molar-refractivity contribution in [1.29, 1.82) is 0 Å². The molecule has 2 nitrogen and oxygen atoms in total. The number of rotatable bonds is 4. The average Bonchev–Trinajstić information content (AvgIpc) is 3.69. The van der Waals surface area contributed by atoms with E-state index in [1.165, 1.54) is 50.1 Å². The molecule has 8 aromatic carbocycles. The quantitative estimate of drug-likeness (QED) is 0.185. The van der Waals surface area contributed by atoms with E-state index in [0.717, 1.165) is 44.6 Å². The van der Waals surface area contributed by atoms with Crippen LogP contribution in [-0.4, -0.2) is 0 Å². The van der Waals surface area contributed by atoms with Crippen molar-refractivity contribution >= 4 is 51.2 Å². The summed E-state index contributed by atoms with van der Waals surface area (Å²) in [6.07, 6.45) is 4.58. The predicted octanol–water partition coefficient (Wildman–Crippen LogP) is 13.6. The van der Waals surface area contributed by atoms with E-state index in [9.17, 15) is 0 Å². The summed E-state index contributed by atoms with van der Waals surface area (Å²) in [7, 11) is 0. The molecule has 0 radical (unpaired) electrons. The zero-order valence-electron chi connectivity index (χ0n) is 28.9. The summed E-state index contributed by atoms with van der Waals surface area (Å²) in [5.74, 6) is 0. The van der Waals surface area contributed by atoms with Crippen molar-refractivity contribution in [2.75, 3.05) is 4.90 Å². The number of para-hydroxylation sites is 2. The van der Waals surface area contributed by atoms with Crippen LogP contribution in [0.25, 0.3) is 56.3 Å². The molecule has 248 valence electrons. The molecule has 0 saturated carbocycles. The van der Waals surface area contributed by atoms with Crippen molar-refractivity contribution in [3.8, 4) is 22.3 Å². The van der Waals surface area contributed by atoms with Gasteiger partial charge in [0.15, 0.2) is 0 Å². The van der Waals surface area contributed by atoms with Gasteiger partial charge in [0, 0.05) is 33.7 Å². The van der Waals surface area contributed by atoms with E-state index in [0.29, 0.717) is 0 Å². The van der Waals surface area contributed by atoms with Crippen LogP contribution in [-0.2, 0) is 5.41 Å². The van der Waals surface area contributed by atoms with E-state index in [4.69, 9.17) is 4.42 Å². The first-order chi connectivity index (χ1) is 26.3. The Kier molecular flexibility index (Phi) is 6.50. The predicted molar refractivity (Wildman–Crippen MR) is 220 cm³/mol. The first-order valence-corrected chi connectivity index (χ1v) is 18.3. The zero-order chi connectivity index (χ0) is 34.9. The average molecular weight is 676 g/mol. The van der Waals surface area contributed by atoms with Gasteiger partial charge in [-0.2, -0.15) is 0 Å². The highest BCUT2D eigenvalue weighted by Gasteiger charge is 2.49. The summed E-state index contributed by atoms with van der Waals surface area (Å²) in [6, 6.07) is 68.3. The van der Waals surface area contributed by atoms with Crippen LogP contribution < -0.4 is 4.90 Å². The van der Waals surface area contributed by atoms with E-state index in [1.807, 2.05) is 6.07 Å². The van der Waals surface area contributed by atoms with Gasteiger partial charge in [0.25, 0.3) is 0 Å². The Morgan fingerprint density at radius 2 is 0.981 bits per heavy atom. The largest absolute Gasteiger partial charge is 0.456 e. The second-order valence-electron chi connectivity index (χ2n) is 14.0. The minimum Gasteiger partial charge on any atom is -0.456 e. The van der Waals surface area contributed by atoms with E-state index >= 15 is 0 Å². The topological polar surface area (TPSA) is 16.4 Å². The third-order valence-corrected chi connectivity index (χ3v) is 11.3. The first kappa shape index (κ1) is 29.8. The second-order valence-corrected chi connectivity index (χ2v) is 14.0. The molecule has 0 N–H and O–H groups in total. The summed E-state index contributed by atoms with van der Waals surface area (Å²) in [5.41, 5.74) is 17.0. The smallest absolute Gasteiger partial charge is 0.137 e. The molecule has 0 fully saturated rings. The van der Waals surface area contributed by atoms with E-state index in [-0.39, 0.29) is 0 Å². The molecule has 0 atom stereocenters. The molecule has 0 saturated heterocycles. The van der Waals surface area contributed by atoms with E-state index < -0.39 is 5.41 Å². The molecule has 9 aromatic rings. The number of nitrogens with zero attached hydrogens (tertiary/aromatic N) is 1. The maximum atomic E-state index is 6.53. The Bertz CT molecular complexity index is 2860. The Morgan fingerprint density at radius 3 is 1.77 bits per heavy atom. The Hall–Kier alpha value is -6.90. The fourth-order valence-corrected chi connectivity index (χ4v) is 9.16. The van der Waals surface area contributed by atoms with Crippen LogP contribution in [0.4, 0.5) is 17.1 Å². The Morgan fingerprint density at radius 1 is 0.396 bits per heavy atom. The van der Waals surface area contributed by atoms with Gasteiger partial charge in [-0.25, -0.2) is 0 Å². The van der Waals surface area contributed by atoms with Crippen LogP contribution >= 0.6 is 0 Å². The van der Waals surface area contributed by atoms with Gasteiger partial charge in [-0.15, -0.1) is 0 Å². The van der Waals surface area contributed by atoms with Crippen molar-refractivity contribution in [3.63, 3.8) is 0 Å². The summed E-state index contributed by atoms with van der Waals surface area (Å²) in [4.78, 5) is 2.45. The Labute approximate surface area is 308 Å². The van der Waals surface area contributed by atoms with Crippen molar-refractivity contribution in [3.05, 3.63) is 221 Å². The van der Waals surface area contributed by atoms with Crippen molar-refractivity contribution in [2.24, 2.45) is 0 Å². The van der Waals surface area contributed by atoms with Gasteiger partial charge < -0.3 is 9.32 Å². The molecule has 2 heteroatoms. The molecule has 53 heavy (non-hydrogen) atoms. The van der Waals surface area contributed by atoms with Gasteiger partial charge in [-0.3, -0.25) is 0 Å². The van der Waals surface area contributed by atoms with Crippen LogP contribution in [0.5, 0.6) is 0 Å². The minimum absolute atomic E-state index is 0.522. The normalized spacial score (nSPS) is 13.4. The molecule has 1 spiro atoms. The lowest BCUT2D eigenvalue weighted by atomic mass is 9.66. The molecular weight excluding hydrogens is 643 g/mol. The summed E-state index contributed by atoms with van der Waals surface area (Å²) < 4.78 is 6.53. The third kappa shape index (κ3) is 4.27. The van der Waals surface area contributed by atoms with Gasteiger partial charge in [-0.1, -0.05) is 164 Å². The minimum atomic E-state index is -0.522. The maximum absolute atomic E-state index is 6.53. The lowest BCUT2D eigenvalue weighted by Crippen LogP contribution is -2.30. The molecule has 1 aromatic heterocycles. The fraction of sp³-hybridized carbons (Fsp3) is 0.0196. The molecule has 0 aliphatic heterocycles. The van der Waals surface area contributed by atoms with Crippen molar-refractivity contribution in [2.45, 2.75) is 5.41 Å². The van der Waals surface area contributed by atoms with Gasteiger partial charge in [0.1, 0.15) is 11.2 Å². The van der Waals surface area contributed by atoms with Gasteiger partial charge in [0.05, 0.1) is 16.8 Å². The number of fused-ring (bicyclic) bond motifs is 12. The highest BCUT2D eigenvalue weighted by atomic mass is 16.3. The SMILES string of the molecule is C1=Cc2ccccc2C2(c3ccccc31)c1ccccc1-c1c(N(c3ccc4c(c3)oc3ccccc34)c3ccccc3-c3ccccc3)cccc12. The van der Waals surface area contributed by atoms with Crippen LogP contribution in [0.1, 0.15) is 33.4 Å². The zero-order valence-corrected chi connectivity index (χ0v) is 28.9. The molecule has 0 amide bonds.